The second-order valence-corrected chi connectivity index (χ2v) is 8.38. The molecule has 5 N–H and O–H groups in total. The van der Waals surface area contributed by atoms with Crippen molar-refractivity contribution in [1.29, 1.82) is 0 Å². The third-order valence-corrected chi connectivity index (χ3v) is 5.65. The highest BCUT2D eigenvalue weighted by molar-refractivity contribution is 5.99. The lowest BCUT2D eigenvalue weighted by molar-refractivity contribution is -0.385. The molecule has 4 atom stereocenters. The number of aliphatic hydroxyl groups excluding tert-OH is 2. The number of nitro groups is 1. The number of halogens is 1. The van der Waals surface area contributed by atoms with Crippen molar-refractivity contribution in [3.05, 3.63) is 56.4 Å². The molecule has 3 rings (SSSR count). The van der Waals surface area contributed by atoms with Crippen LogP contribution < -0.4 is 21.7 Å². The number of hydrogen-bond acceptors (Lipinski definition) is 12. The number of nitro benzene ring substituents is 1. The van der Waals surface area contributed by atoms with Gasteiger partial charge < -0.3 is 25.0 Å². The van der Waals surface area contributed by atoms with Crippen LogP contribution in [0.25, 0.3) is 0 Å². The number of amides is 2. The molecule has 17 heteroatoms. The van der Waals surface area contributed by atoms with Crippen LogP contribution in [-0.4, -0.2) is 74.4 Å². The van der Waals surface area contributed by atoms with Crippen LogP contribution in [0.5, 0.6) is 0 Å². The second-order valence-electron chi connectivity index (χ2n) is 8.38. The van der Waals surface area contributed by atoms with Gasteiger partial charge in [-0.05, 0) is 26.0 Å². The fraction of sp³-hybridized carbons (Fsp3) is 0.409. The van der Waals surface area contributed by atoms with Crippen molar-refractivity contribution in [3.8, 4) is 0 Å². The molecule has 1 aliphatic rings. The zero-order valence-electron chi connectivity index (χ0n) is 21.0. The van der Waals surface area contributed by atoms with Crippen LogP contribution in [0.15, 0.2) is 34.3 Å². The lowest BCUT2D eigenvalue weighted by Crippen LogP contribution is -2.36. The third-order valence-electron chi connectivity index (χ3n) is 5.65. The monoisotopic (exact) mass is 551 g/mol. The lowest BCUT2D eigenvalue weighted by Gasteiger charge is -2.17. The molecule has 0 aliphatic carbocycles. The van der Waals surface area contributed by atoms with E-state index in [4.69, 9.17) is 9.47 Å². The number of carbonyl (C=O) groups excluding carboxylic acids is 2. The van der Waals surface area contributed by atoms with E-state index in [1.807, 2.05) is 5.32 Å². The minimum Gasteiger partial charge on any atom is -0.449 e. The van der Waals surface area contributed by atoms with Crippen LogP contribution in [-0.2, 0) is 9.47 Å². The molecular formula is C22H26FN7O9. The van der Waals surface area contributed by atoms with Crippen molar-refractivity contribution in [2.45, 2.75) is 44.8 Å². The van der Waals surface area contributed by atoms with Crippen LogP contribution in [0.1, 0.15) is 36.9 Å². The fourth-order valence-electron chi connectivity index (χ4n) is 3.49. The maximum Gasteiger partial charge on any atom is 0.412 e. The molecule has 0 saturated carbocycles. The Bertz CT molecular complexity index is 1350. The summed E-state index contributed by atoms with van der Waals surface area (Å²) in [5.74, 6) is -2.68. The molecule has 1 fully saturated rings. The molecular weight excluding hydrogens is 525 g/mol. The third kappa shape index (κ3) is 6.89. The van der Waals surface area contributed by atoms with Gasteiger partial charge in [0, 0.05) is 30.9 Å². The Morgan fingerprint density at radius 3 is 2.67 bits per heavy atom. The van der Waals surface area contributed by atoms with Crippen molar-refractivity contribution in [1.82, 2.24) is 15.0 Å². The predicted molar refractivity (Wildman–Crippen MR) is 133 cm³/mol. The van der Waals surface area contributed by atoms with Gasteiger partial charge in [-0.1, -0.05) is 0 Å². The number of hydrazone groups is 1. The Balaban J connectivity index is 1.53. The van der Waals surface area contributed by atoms with Crippen LogP contribution in [0, 0.1) is 15.9 Å². The van der Waals surface area contributed by atoms with Crippen molar-refractivity contribution in [2.75, 3.05) is 24.3 Å². The Kier molecular flexibility index (Phi) is 9.23. The summed E-state index contributed by atoms with van der Waals surface area (Å²) in [6.45, 7) is 2.70. The number of nitrogens with zero attached hydrogens (tertiary/aromatic N) is 4. The quantitative estimate of drug-likeness (QED) is 0.166. The Morgan fingerprint density at radius 1 is 1.33 bits per heavy atom. The smallest absolute Gasteiger partial charge is 0.412 e. The molecule has 0 spiro atoms. The summed E-state index contributed by atoms with van der Waals surface area (Å²) in [6, 6.07) is 3.96. The molecule has 1 aromatic heterocycles. The van der Waals surface area contributed by atoms with Gasteiger partial charge in [-0.2, -0.15) is 10.1 Å². The lowest BCUT2D eigenvalue weighted by atomic mass is 10.1. The molecule has 1 aromatic carbocycles. The molecule has 0 bridgehead atoms. The number of aliphatic hydroxyl groups is 2. The maximum absolute atomic E-state index is 14.5. The van der Waals surface area contributed by atoms with Crippen molar-refractivity contribution < 1.29 is 38.6 Å². The zero-order valence-corrected chi connectivity index (χ0v) is 21.0. The standard InChI is InChI=1S/C22H26FN7O9/c1-10(27-28-19(33)13-5-4-12(24-3)8-15(13)30(36)37)6-7-38-22(35)26-18-14(23)9-29(21(34)25-18)20-17(32)16(31)11(2)39-20/h4-5,8-9,11,16-17,20,24,31-32H,6-7H2,1-3H3,(H,28,33)(H,25,26,34,35)/b27-10+. The second kappa shape index (κ2) is 12.4. The molecule has 16 nitrogen and oxygen atoms in total. The molecule has 210 valence electrons. The molecule has 2 aromatic rings. The first-order valence-corrected chi connectivity index (χ1v) is 11.5. The molecule has 2 heterocycles. The van der Waals surface area contributed by atoms with Crippen molar-refractivity contribution >= 4 is 34.9 Å². The number of nitrogens with one attached hydrogen (secondary N) is 3. The van der Waals surface area contributed by atoms with Gasteiger partial charge in [0.2, 0.25) is 0 Å². The molecule has 0 radical (unpaired) electrons. The SMILES string of the molecule is CNc1ccc(C(=O)N/N=C(\C)CCOC(=O)Nc2nc(=O)n(C3OC(C)C(O)C3O)cc2F)c([N+](=O)[O-])c1. The van der Waals surface area contributed by atoms with E-state index in [2.05, 4.69) is 20.8 Å². The largest absolute Gasteiger partial charge is 0.449 e. The number of carbonyl (C=O) groups is 2. The van der Waals surface area contributed by atoms with Gasteiger partial charge in [0.15, 0.2) is 17.9 Å². The van der Waals surface area contributed by atoms with E-state index in [0.29, 0.717) is 22.2 Å². The highest BCUT2D eigenvalue weighted by Gasteiger charge is 2.42. The van der Waals surface area contributed by atoms with Crippen LogP contribution in [0.2, 0.25) is 0 Å². The summed E-state index contributed by atoms with van der Waals surface area (Å²) in [5, 5.41) is 39.6. The highest BCUT2D eigenvalue weighted by atomic mass is 19.1. The topological polar surface area (TPSA) is 220 Å². The number of rotatable bonds is 9. The molecule has 1 saturated heterocycles. The molecule has 4 unspecified atom stereocenters. The normalized spacial score (nSPS) is 20.8. The summed E-state index contributed by atoms with van der Waals surface area (Å²) >= 11 is 0. The first kappa shape index (κ1) is 29.1. The van der Waals surface area contributed by atoms with E-state index in [1.54, 1.807) is 7.05 Å². The summed E-state index contributed by atoms with van der Waals surface area (Å²) in [7, 11) is 1.57. The summed E-state index contributed by atoms with van der Waals surface area (Å²) < 4.78 is 25.3. The van der Waals surface area contributed by atoms with Gasteiger partial charge in [-0.15, -0.1) is 0 Å². The molecule has 39 heavy (non-hydrogen) atoms. The van der Waals surface area contributed by atoms with Crippen molar-refractivity contribution in [3.63, 3.8) is 0 Å². The van der Waals surface area contributed by atoms with E-state index in [0.717, 1.165) is 0 Å². The summed E-state index contributed by atoms with van der Waals surface area (Å²) in [5.41, 5.74) is 1.25. The van der Waals surface area contributed by atoms with Gasteiger partial charge >= 0.3 is 11.8 Å². The summed E-state index contributed by atoms with van der Waals surface area (Å²) in [6.07, 6.45) is -5.41. The first-order chi connectivity index (χ1) is 18.4. The minimum atomic E-state index is -1.49. The average Bonchev–Trinajstić information content (AvgIpc) is 3.15. The van der Waals surface area contributed by atoms with Gasteiger partial charge in [-0.3, -0.25) is 24.8 Å². The first-order valence-electron chi connectivity index (χ1n) is 11.5. The molecule has 2 amide bonds. The van der Waals surface area contributed by atoms with E-state index < -0.39 is 64.5 Å². The number of aromatic nitrogens is 2. The highest BCUT2D eigenvalue weighted by Crippen LogP contribution is 2.28. The number of hydrogen-bond donors (Lipinski definition) is 5. The van der Waals surface area contributed by atoms with Crippen molar-refractivity contribution in [2.24, 2.45) is 5.10 Å². The van der Waals surface area contributed by atoms with Crippen LogP contribution >= 0.6 is 0 Å². The van der Waals surface area contributed by atoms with Gasteiger partial charge in [-0.25, -0.2) is 19.4 Å². The number of benzene rings is 1. The van der Waals surface area contributed by atoms with Crippen LogP contribution in [0.4, 0.5) is 26.4 Å². The van der Waals surface area contributed by atoms with E-state index >= 15 is 0 Å². The Hall–Kier alpha value is -4.48. The Morgan fingerprint density at radius 2 is 2.05 bits per heavy atom. The minimum absolute atomic E-state index is 0.0312. The van der Waals surface area contributed by atoms with E-state index in [1.165, 1.54) is 32.0 Å². The number of ether oxygens (including phenoxy) is 2. The fourth-order valence-corrected chi connectivity index (χ4v) is 3.49. The van der Waals surface area contributed by atoms with Gasteiger partial charge in [0.05, 0.1) is 23.8 Å². The summed E-state index contributed by atoms with van der Waals surface area (Å²) in [4.78, 5) is 50.6. The zero-order chi connectivity index (χ0) is 28.9. The van der Waals surface area contributed by atoms with Crippen LogP contribution in [0.3, 0.4) is 0 Å². The predicted octanol–water partition coefficient (Wildman–Crippen LogP) is 0.716. The van der Waals surface area contributed by atoms with E-state index in [-0.39, 0.29) is 18.6 Å². The Labute approximate surface area is 219 Å². The van der Waals surface area contributed by atoms with E-state index in [9.17, 15) is 39.1 Å². The maximum atomic E-state index is 14.5. The number of anilines is 2. The van der Waals surface area contributed by atoms with Gasteiger partial charge in [0.1, 0.15) is 17.8 Å². The van der Waals surface area contributed by atoms with Gasteiger partial charge in [0.25, 0.3) is 11.6 Å². The molecule has 1 aliphatic heterocycles. The average molecular weight is 551 g/mol.